The maximum Gasteiger partial charge on any atom is 2.00 e. The zero-order chi connectivity index (χ0) is 11.6. The minimum absolute atomic E-state index is 0. The Bertz CT molecular complexity index is 594. The van der Waals surface area contributed by atoms with Crippen molar-refractivity contribution >= 4 is 9.73 Å². The van der Waals surface area contributed by atoms with Crippen LogP contribution in [0.4, 0.5) is 0 Å². The van der Waals surface area contributed by atoms with E-state index in [9.17, 15) is 8.99 Å². The quantitative estimate of drug-likeness (QED) is 0.613. The molecule has 4 heteroatoms. The summed E-state index contributed by atoms with van der Waals surface area (Å²) in [6, 6.07) is 17.6. The topological polar surface area (TPSA) is 39.4 Å². The second-order valence-corrected chi connectivity index (χ2v) is 5.62. The molecule has 17 heavy (non-hydrogen) atoms. The van der Waals surface area contributed by atoms with E-state index in [1.165, 1.54) is 6.26 Å². The van der Waals surface area contributed by atoms with Gasteiger partial charge in [0.05, 0.1) is 0 Å². The fraction of sp³-hybridized carbons (Fsp3) is 0.0769. The third-order valence-electron chi connectivity index (χ3n) is 2.29. The van der Waals surface area contributed by atoms with Gasteiger partial charge >= 0.3 is 20.4 Å². The second-order valence-electron chi connectivity index (χ2n) is 3.57. The van der Waals surface area contributed by atoms with Crippen molar-refractivity contribution < 1.29 is 24.6 Å². The van der Waals surface area contributed by atoms with Gasteiger partial charge in [0.15, 0.2) is 0 Å². The van der Waals surface area contributed by atoms with Gasteiger partial charge in [0, 0.05) is 0 Å². The predicted octanol–water partition coefficient (Wildman–Crippen LogP) is 3.18. The summed E-state index contributed by atoms with van der Waals surface area (Å²) in [7, 11) is -2.95. The fourth-order valence-corrected chi connectivity index (χ4v) is 2.50. The molecule has 0 amide bonds. The Morgan fingerprint density at radius 2 is 1.76 bits per heavy atom. The first-order valence-corrected chi connectivity index (χ1v) is 6.79. The van der Waals surface area contributed by atoms with E-state index in [0.717, 1.165) is 11.1 Å². The van der Waals surface area contributed by atoms with Crippen LogP contribution in [0, 0.1) is 6.07 Å². The van der Waals surface area contributed by atoms with Crippen LogP contribution >= 0.6 is 0 Å². The first-order valence-electron chi connectivity index (χ1n) is 4.87. The summed E-state index contributed by atoms with van der Waals surface area (Å²) >= 11 is 0. The van der Waals surface area contributed by atoms with Crippen molar-refractivity contribution in [2.45, 2.75) is 4.90 Å². The van der Waals surface area contributed by atoms with Crippen LogP contribution in [0.2, 0.25) is 0 Å². The molecule has 0 fully saturated rings. The number of hydrogen-bond acceptors (Lipinski definition) is 1. The third-order valence-corrected chi connectivity index (χ3v) is 3.47. The van der Waals surface area contributed by atoms with Gasteiger partial charge in [-0.1, -0.05) is 29.8 Å². The average molecular weight is 336 g/mol. The molecule has 0 aromatic heterocycles. The third kappa shape index (κ3) is 3.26. The van der Waals surface area contributed by atoms with Crippen LogP contribution in [0.25, 0.3) is 15.9 Å². The maximum absolute atomic E-state index is 11.7. The monoisotopic (exact) mass is 335 g/mol. The summed E-state index contributed by atoms with van der Waals surface area (Å²) in [6.45, 7) is 0. The van der Waals surface area contributed by atoms with Crippen LogP contribution in [-0.2, 0) is 30.2 Å². The van der Waals surface area contributed by atoms with E-state index >= 15 is 0 Å². The molecule has 0 spiro atoms. The molecule has 0 aliphatic heterocycles. The van der Waals surface area contributed by atoms with Crippen molar-refractivity contribution in [3.05, 3.63) is 59.4 Å². The van der Waals surface area contributed by atoms with Gasteiger partial charge in [0.1, 0.15) is 0 Å². The second kappa shape index (κ2) is 5.59. The van der Waals surface area contributed by atoms with Crippen molar-refractivity contribution in [3.63, 3.8) is 0 Å². The zero-order valence-electron chi connectivity index (χ0n) is 9.20. The van der Waals surface area contributed by atoms with Crippen molar-refractivity contribution in [2.24, 2.45) is 0 Å². The van der Waals surface area contributed by atoms with Gasteiger partial charge in [-0.05, 0) is 11.2 Å². The van der Waals surface area contributed by atoms with E-state index in [1.807, 2.05) is 30.3 Å². The number of benzene rings is 2. The largest absolute Gasteiger partial charge is 2.00 e. The van der Waals surface area contributed by atoms with Gasteiger partial charge in [-0.25, -0.2) is 0 Å². The summed E-state index contributed by atoms with van der Waals surface area (Å²) in [5.74, 6) is 0. The smallest absolute Gasteiger partial charge is 0.748 e. The SMILES string of the molecule is CS(=[N-])(=O)c1ccccc1-c1[c-]cccc1.[Pd+2]. The fourth-order valence-electron chi connectivity index (χ4n) is 1.58. The van der Waals surface area contributed by atoms with Crippen molar-refractivity contribution in [3.8, 4) is 11.1 Å². The van der Waals surface area contributed by atoms with Crippen molar-refractivity contribution in [1.82, 2.24) is 0 Å². The van der Waals surface area contributed by atoms with Crippen molar-refractivity contribution in [1.29, 1.82) is 0 Å². The normalized spacial score (nSPS) is 13.5. The molecule has 1 atom stereocenters. The standard InChI is InChI=1S/C13H11NOS.Pd/c1-16(14,15)13-10-6-5-9-12(13)11-7-3-2-4-8-11;/h2-7,9-10H,1H3;/q-2;+2. The van der Waals surface area contributed by atoms with Gasteiger partial charge in [0.25, 0.3) is 0 Å². The molecule has 1 unspecified atom stereocenters. The van der Waals surface area contributed by atoms with E-state index < -0.39 is 9.73 Å². The molecule has 0 saturated carbocycles. The Labute approximate surface area is 116 Å². The first-order chi connectivity index (χ1) is 7.59. The summed E-state index contributed by atoms with van der Waals surface area (Å²) < 4.78 is 21.4. The molecule has 2 aromatic rings. The summed E-state index contributed by atoms with van der Waals surface area (Å²) in [5.41, 5.74) is 1.60. The zero-order valence-corrected chi connectivity index (χ0v) is 11.6. The van der Waals surface area contributed by atoms with Gasteiger partial charge in [-0.3, -0.25) is 4.21 Å². The van der Waals surface area contributed by atoms with E-state index in [0.29, 0.717) is 4.90 Å². The van der Waals surface area contributed by atoms with E-state index in [-0.39, 0.29) is 20.4 Å². The molecule has 90 valence electrons. The maximum atomic E-state index is 11.7. The van der Waals surface area contributed by atoms with Crippen LogP contribution in [0.15, 0.2) is 53.4 Å². The molecular weight excluding hydrogens is 325 g/mol. The predicted molar refractivity (Wildman–Crippen MR) is 66.4 cm³/mol. The van der Waals surface area contributed by atoms with Gasteiger partial charge in [-0.15, -0.1) is 45.6 Å². The van der Waals surface area contributed by atoms with Gasteiger partial charge in [-0.2, -0.15) is 0 Å². The number of hydrogen-bond donors (Lipinski definition) is 0. The molecule has 2 aromatic carbocycles. The van der Waals surface area contributed by atoms with E-state index in [1.54, 1.807) is 18.2 Å². The summed E-state index contributed by atoms with van der Waals surface area (Å²) in [4.78, 5) is 0.456. The van der Waals surface area contributed by atoms with Crippen LogP contribution in [0.5, 0.6) is 0 Å². The van der Waals surface area contributed by atoms with Gasteiger partial charge < -0.3 is 4.78 Å². The van der Waals surface area contributed by atoms with Crippen LogP contribution in [0.3, 0.4) is 0 Å². The Kier molecular flexibility index (Phi) is 4.64. The molecule has 2 rings (SSSR count). The molecule has 0 N–H and O–H groups in total. The molecule has 0 bridgehead atoms. The Morgan fingerprint density at radius 3 is 2.35 bits per heavy atom. The number of rotatable bonds is 2. The number of nitrogens with zero attached hydrogens (tertiary/aromatic N) is 1. The van der Waals surface area contributed by atoms with Crippen LogP contribution in [-0.4, -0.2) is 10.5 Å². The van der Waals surface area contributed by atoms with Crippen LogP contribution < -0.4 is 0 Å². The molecule has 0 radical (unpaired) electrons. The van der Waals surface area contributed by atoms with Gasteiger partial charge in [0.2, 0.25) is 0 Å². The van der Waals surface area contributed by atoms with Crippen LogP contribution in [0.1, 0.15) is 0 Å². The van der Waals surface area contributed by atoms with E-state index in [4.69, 9.17) is 0 Å². The Hall–Kier alpha value is -0.948. The molecule has 0 saturated heterocycles. The van der Waals surface area contributed by atoms with Crippen molar-refractivity contribution in [2.75, 3.05) is 6.26 Å². The summed E-state index contributed by atoms with van der Waals surface area (Å²) in [5, 5.41) is 0. The molecule has 0 aliphatic carbocycles. The Morgan fingerprint density at radius 1 is 1.12 bits per heavy atom. The summed E-state index contributed by atoms with van der Waals surface area (Å²) in [6.07, 6.45) is 1.33. The first kappa shape index (κ1) is 14.1. The Balaban J connectivity index is 0.00000144. The van der Waals surface area contributed by atoms with E-state index in [2.05, 4.69) is 6.07 Å². The molecular formula is C13H11NOPdS. The molecule has 2 nitrogen and oxygen atoms in total. The average Bonchev–Trinajstić information content (AvgIpc) is 2.29. The minimum Gasteiger partial charge on any atom is -0.748 e. The molecule has 0 heterocycles. The molecule has 0 aliphatic rings. The minimum atomic E-state index is -2.95.